The first-order chi connectivity index (χ1) is 9.08. The number of imide groups is 1. The third kappa shape index (κ3) is 4.30. The van der Waals surface area contributed by atoms with Gasteiger partial charge in [0.1, 0.15) is 0 Å². The van der Waals surface area contributed by atoms with E-state index in [9.17, 15) is 14.4 Å². The van der Waals surface area contributed by atoms with Gasteiger partial charge in [0.2, 0.25) is 5.91 Å². The summed E-state index contributed by atoms with van der Waals surface area (Å²) in [6, 6.07) is 6.20. The van der Waals surface area contributed by atoms with Gasteiger partial charge in [0, 0.05) is 19.8 Å². The molecule has 0 saturated carbocycles. The molecule has 4 N–H and O–H groups in total. The fraction of sp³-hybridized carbons (Fsp3) is 0.250. The second-order valence-electron chi connectivity index (χ2n) is 3.61. The zero-order valence-electron chi connectivity index (χ0n) is 10.7. The average molecular weight is 264 g/mol. The number of anilines is 1. The van der Waals surface area contributed by atoms with E-state index >= 15 is 0 Å². The molecule has 0 radical (unpaired) electrons. The molecule has 0 aromatic heterocycles. The van der Waals surface area contributed by atoms with E-state index in [1.54, 1.807) is 24.3 Å². The van der Waals surface area contributed by atoms with Crippen molar-refractivity contribution >= 4 is 23.5 Å². The van der Waals surface area contributed by atoms with Gasteiger partial charge in [-0.3, -0.25) is 14.9 Å². The van der Waals surface area contributed by atoms with Crippen LogP contribution in [-0.2, 0) is 4.79 Å². The lowest BCUT2D eigenvalue weighted by Gasteiger charge is -2.10. The number of para-hydroxylation sites is 1. The molecule has 7 heteroatoms. The Morgan fingerprint density at radius 2 is 1.74 bits per heavy atom. The van der Waals surface area contributed by atoms with Crippen LogP contribution in [0.3, 0.4) is 0 Å². The van der Waals surface area contributed by atoms with E-state index in [0.29, 0.717) is 11.3 Å². The van der Waals surface area contributed by atoms with Crippen LogP contribution in [0.5, 0.6) is 0 Å². The number of hydrogen-bond donors (Lipinski definition) is 4. The van der Waals surface area contributed by atoms with Crippen molar-refractivity contribution in [1.82, 2.24) is 16.0 Å². The van der Waals surface area contributed by atoms with Crippen molar-refractivity contribution in [2.24, 2.45) is 0 Å². The third-order valence-electron chi connectivity index (χ3n) is 2.32. The molecule has 0 spiro atoms. The molecule has 0 aliphatic rings. The van der Waals surface area contributed by atoms with E-state index in [2.05, 4.69) is 21.3 Å². The largest absolute Gasteiger partial charge is 0.375 e. The predicted molar refractivity (Wildman–Crippen MR) is 70.9 cm³/mol. The van der Waals surface area contributed by atoms with Crippen molar-refractivity contribution < 1.29 is 14.4 Å². The van der Waals surface area contributed by atoms with Crippen LogP contribution >= 0.6 is 0 Å². The molecule has 0 aliphatic carbocycles. The number of urea groups is 1. The van der Waals surface area contributed by atoms with Crippen LogP contribution in [0.4, 0.5) is 10.5 Å². The minimum absolute atomic E-state index is 0.110. The second kappa shape index (κ2) is 7.00. The molecule has 19 heavy (non-hydrogen) atoms. The summed E-state index contributed by atoms with van der Waals surface area (Å²) in [5.74, 6) is -0.749. The lowest BCUT2D eigenvalue weighted by atomic mass is 10.1. The van der Waals surface area contributed by atoms with Gasteiger partial charge in [-0.2, -0.15) is 0 Å². The van der Waals surface area contributed by atoms with Crippen LogP contribution in [0.25, 0.3) is 0 Å². The summed E-state index contributed by atoms with van der Waals surface area (Å²) >= 11 is 0. The molecule has 1 rings (SSSR count). The summed E-state index contributed by atoms with van der Waals surface area (Å²) in [6.45, 7) is -0.110. The van der Waals surface area contributed by atoms with Crippen molar-refractivity contribution in [2.45, 2.75) is 0 Å². The molecule has 0 aliphatic heterocycles. The summed E-state index contributed by atoms with van der Waals surface area (Å²) in [5, 5.41) is 9.69. The Labute approximate surface area is 110 Å². The zero-order valence-corrected chi connectivity index (χ0v) is 10.7. The van der Waals surface area contributed by atoms with Crippen LogP contribution in [0.2, 0.25) is 0 Å². The van der Waals surface area contributed by atoms with Crippen molar-refractivity contribution in [3.05, 3.63) is 29.8 Å². The Balaban J connectivity index is 2.65. The number of carbonyl (C=O) groups excluding carboxylic acids is 3. The number of nitrogens with one attached hydrogen (secondary N) is 4. The van der Waals surface area contributed by atoms with Crippen LogP contribution in [0.1, 0.15) is 10.4 Å². The standard InChI is InChI=1S/C12H16N4O3/c1-13-11(18)8-5-3-4-6-9(8)15-7-10(17)16-12(19)14-2/h3-6,15H,7H2,1-2H3,(H,13,18)(H2,14,16,17,19). The molecule has 0 heterocycles. The van der Waals surface area contributed by atoms with Gasteiger partial charge in [0.25, 0.3) is 5.91 Å². The zero-order chi connectivity index (χ0) is 14.3. The van der Waals surface area contributed by atoms with Gasteiger partial charge < -0.3 is 16.0 Å². The van der Waals surface area contributed by atoms with E-state index in [4.69, 9.17) is 0 Å². The quantitative estimate of drug-likeness (QED) is 0.611. The molecule has 0 unspecified atom stereocenters. The Morgan fingerprint density at radius 3 is 2.37 bits per heavy atom. The van der Waals surface area contributed by atoms with Crippen molar-refractivity contribution in [1.29, 1.82) is 0 Å². The molecule has 1 aromatic rings. The Bertz CT molecular complexity index is 488. The lowest BCUT2D eigenvalue weighted by Crippen LogP contribution is -2.40. The van der Waals surface area contributed by atoms with Gasteiger partial charge in [-0.15, -0.1) is 0 Å². The summed E-state index contributed by atoms with van der Waals surface area (Å²) in [6.07, 6.45) is 0. The normalized spacial score (nSPS) is 9.37. The maximum atomic E-state index is 11.6. The summed E-state index contributed by atoms with van der Waals surface area (Å²) in [7, 11) is 2.94. The van der Waals surface area contributed by atoms with E-state index in [-0.39, 0.29) is 12.5 Å². The number of hydrogen-bond acceptors (Lipinski definition) is 4. The molecule has 4 amide bonds. The van der Waals surface area contributed by atoms with Crippen molar-refractivity contribution in [3.8, 4) is 0 Å². The van der Waals surface area contributed by atoms with E-state index < -0.39 is 11.9 Å². The summed E-state index contributed by atoms with van der Waals surface area (Å²) in [4.78, 5) is 33.9. The van der Waals surface area contributed by atoms with E-state index in [1.165, 1.54) is 14.1 Å². The molecule has 0 bridgehead atoms. The van der Waals surface area contributed by atoms with Crippen LogP contribution in [0.15, 0.2) is 24.3 Å². The van der Waals surface area contributed by atoms with Gasteiger partial charge >= 0.3 is 6.03 Å². The van der Waals surface area contributed by atoms with Gasteiger partial charge in [-0.25, -0.2) is 4.79 Å². The molecular formula is C12H16N4O3. The molecule has 1 aromatic carbocycles. The minimum atomic E-state index is -0.577. The molecular weight excluding hydrogens is 248 g/mol. The number of rotatable bonds is 4. The topological polar surface area (TPSA) is 99.3 Å². The molecule has 0 saturated heterocycles. The van der Waals surface area contributed by atoms with Crippen LogP contribution in [0, 0.1) is 0 Å². The molecule has 0 fully saturated rings. The number of amides is 4. The molecule has 7 nitrogen and oxygen atoms in total. The summed E-state index contributed by atoms with van der Waals surface area (Å²) in [5.41, 5.74) is 0.951. The first-order valence-electron chi connectivity index (χ1n) is 5.65. The van der Waals surface area contributed by atoms with Gasteiger partial charge in [0.05, 0.1) is 12.1 Å². The highest BCUT2D eigenvalue weighted by Gasteiger charge is 2.10. The first-order valence-corrected chi connectivity index (χ1v) is 5.65. The lowest BCUT2D eigenvalue weighted by molar-refractivity contribution is -0.118. The predicted octanol–water partition coefficient (Wildman–Crippen LogP) is -0.0863. The van der Waals surface area contributed by atoms with E-state index in [1.807, 2.05) is 0 Å². The molecule has 0 atom stereocenters. The Kier molecular flexibility index (Phi) is 5.34. The third-order valence-corrected chi connectivity index (χ3v) is 2.32. The SMILES string of the molecule is CNC(=O)NC(=O)CNc1ccccc1C(=O)NC. The highest BCUT2D eigenvalue weighted by atomic mass is 16.2. The first kappa shape index (κ1) is 14.5. The molecule has 102 valence electrons. The van der Waals surface area contributed by atoms with Gasteiger partial charge in [-0.05, 0) is 12.1 Å². The minimum Gasteiger partial charge on any atom is -0.375 e. The van der Waals surface area contributed by atoms with Crippen molar-refractivity contribution in [3.63, 3.8) is 0 Å². The number of carbonyl (C=O) groups is 3. The maximum absolute atomic E-state index is 11.6. The van der Waals surface area contributed by atoms with E-state index in [0.717, 1.165) is 0 Å². The fourth-order valence-electron chi connectivity index (χ4n) is 1.38. The smallest absolute Gasteiger partial charge is 0.321 e. The van der Waals surface area contributed by atoms with Gasteiger partial charge in [0.15, 0.2) is 0 Å². The Hall–Kier alpha value is -2.57. The highest BCUT2D eigenvalue weighted by Crippen LogP contribution is 2.14. The number of benzene rings is 1. The van der Waals surface area contributed by atoms with Crippen LogP contribution < -0.4 is 21.3 Å². The van der Waals surface area contributed by atoms with Gasteiger partial charge in [-0.1, -0.05) is 12.1 Å². The Morgan fingerprint density at radius 1 is 1.05 bits per heavy atom. The van der Waals surface area contributed by atoms with Crippen LogP contribution in [-0.4, -0.2) is 38.5 Å². The highest BCUT2D eigenvalue weighted by molar-refractivity contribution is 6.00. The maximum Gasteiger partial charge on any atom is 0.321 e. The average Bonchev–Trinajstić information content (AvgIpc) is 2.44. The van der Waals surface area contributed by atoms with Crippen molar-refractivity contribution in [2.75, 3.05) is 26.0 Å². The monoisotopic (exact) mass is 264 g/mol. The second-order valence-corrected chi connectivity index (χ2v) is 3.61. The summed E-state index contributed by atoms with van der Waals surface area (Å²) < 4.78 is 0. The fourth-order valence-corrected chi connectivity index (χ4v) is 1.38.